The molecule has 0 unspecified atom stereocenters. The lowest BCUT2D eigenvalue weighted by molar-refractivity contribution is -0.137. The SMILES string of the molecule is CC(=O)N(C)CC1CCN(c2nc(Nc3ccc(Cl)c(Cl)c3)ncc2C(F)(F)F)CC1. The number of anilines is 3. The van der Waals surface area contributed by atoms with Crippen molar-refractivity contribution in [3.8, 4) is 0 Å². The van der Waals surface area contributed by atoms with Gasteiger partial charge >= 0.3 is 6.18 Å². The molecule has 2 aromatic rings. The van der Waals surface area contributed by atoms with E-state index in [1.54, 1.807) is 35.0 Å². The number of hydrogen-bond donors (Lipinski definition) is 1. The first-order valence-corrected chi connectivity index (χ1v) is 10.4. The quantitative estimate of drug-likeness (QED) is 0.640. The average Bonchev–Trinajstić information content (AvgIpc) is 2.70. The van der Waals surface area contributed by atoms with Crippen molar-refractivity contribution in [1.82, 2.24) is 14.9 Å². The lowest BCUT2D eigenvalue weighted by atomic mass is 9.96. The van der Waals surface area contributed by atoms with Crippen LogP contribution in [0.4, 0.5) is 30.6 Å². The van der Waals surface area contributed by atoms with Crippen LogP contribution < -0.4 is 10.2 Å². The predicted octanol–water partition coefficient (Wildman–Crippen LogP) is 5.24. The van der Waals surface area contributed by atoms with E-state index < -0.39 is 11.7 Å². The molecule has 31 heavy (non-hydrogen) atoms. The fraction of sp³-hybridized carbons (Fsp3) is 0.450. The van der Waals surface area contributed by atoms with Crippen LogP contribution in [-0.4, -0.2) is 47.5 Å². The second-order valence-electron chi connectivity index (χ2n) is 7.51. The Morgan fingerprint density at radius 1 is 1.26 bits per heavy atom. The van der Waals surface area contributed by atoms with E-state index in [4.69, 9.17) is 23.2 Å². The Hall–Kier alpha value is -2.26. The fourth-order valence-electron chi connectivity index (χ4n) is 3.42. The summed E-state index contributed by atoms with van der Waals surface area (Å²) in [6.07, 6.45) is -2.47. The zero-order valence-electron chi connectivity index (χ0n) is 17.0. The minimum atomic E-state index is -4.58. The molecule has 11 heteroatoms. The second-order valence-corrected chi connectivity index (χ2v) is 8.33. The van der Waals surface area contributed by atoms with Crippen molar-refractivity contribution >= 4 is 46.6 Å². The summed E-state index contributed by atoms with van der Waals surface area (Å²) >= 11 is 11.9. The molecule has 1 saturated heterocycles. The molecule has 1 aliphatic rings. The molecule has 168 valence electrons. The molecule has 1 aromatic heterocycles. The number of halogens is 5. The van der Waals surface area contributed by atoms with E-state index in [-0.39, 0.29) is 23.6 Å². The van der Waals surface area contributed by atoms with E-state index in [9.17, 15) is 18.0 Å². The molecule has 0 aliphatic carbocycles. The highest BCUT2D eigenvalue weighted by molar-refractivity contribution is 6.42. The summed E-state index contributed by atoms with van der Waals surface area (Å²) in [5, 5.41) is 3.54. The maximum Gasteiger partial charge on any atom is 0.421 e. The highest BCUT2D eigenvalue weighted by atomic mass is 35.5. The largest absolute Gasteiger partial charge is 0.421 e. The number of piperidine rings is 1. The first-order valence-electron chi connectivity index (χ1n) is 9.67. The average molecular weight is 476 g/mol. The first kappa shape index (κ1) is 23.4. The van der Waals surface area contributed by atoms with Crippen LogP contribution in [0.3, 0.4) is 0 Å². The third kappa shape index (κ3) is 5.92. The van der Waals surface area contributed by atoms with E-state index in [1.165, 1.54) is 6.92 Å². The Morgan fingerprint density at radius 3 is 2.52 bits per heavy atom. The summed E-state index contributed by atoms with van der Waals surface area (Å²) in [5.74, 6) is 0.0639. The summed E-state index contributed by atoms with van der Waals surface area (Å²) < 4.78 is 40.8. The molecule has 0 spiro atoms. The van der Waals surface area contributed by atoms with Crippen LogP contribution >= 0.6 is 23.2 Å². The molecule has 1 aliphatic heterocycles. The number of rotatable bonds is 5. The number of alkyl halides is 3. The molecule has 1 aromatic carbocycles. The molecular formula is C20H22Cl2F3N5O. The molecule has 0 bridgehead atoms. The number of benzene rings is 1. The van der Waals surface area contributed by atoms with Gasteiger partial charge in [-0.25, -0.2) is 4.98 Å². The molecule has 2 heterocycles. The lowest BCUT2D eigenvalue weighted by Crippen LogP contribution is -2.40. The molecule has 0 atom stereocenters. The van der Waals surface area contributed by atoms with Gasteiger partial charge in [0.15, 0.2) is 0 Å². The molecular weight excluding hydrogens is 454 g/mol. The van der Waals surface area contributed by atoms with Crippen LogP contribution in [0.1, 0.15) is 25.3 Å². The number of carbonyl (C=O) groups excluding carboxylic acids is 1. The smallest absolute Gasteiger partial charge is 0.356 e. The van der Waals surface area contributed by atoms with Crippen molar-refractivity contribution < 1.29 is 18.0 Å². The van der Waals surface area contributed by atoms with Gasteiger partial charge in [-0.1, -0.05) is 23.2 Å². The Kier molecular flexibility index (Phi) is 7.16. The van der Waals surface area contributed by atoms with Crippen LogP contribution in [0, 0.1) is 5.92 Å². The number of hydrogen-bond acceptors (Lipinski definition) is 5. The van der Waals surface area contributed by atoms with E-state index in [0.29, 0.717) is 48.2 Å². The molecule has 1 amide bonds. The monoisotopic (exact) mass is 475 g/mol. The van der Waals surface area contributed by atoms with Crippen LogP contribution in [0.15, 0.2) is 24.4 Å². The summed E-state index contributed by atoms with van der Waals surface area (Å²) in [6.45, 7) is 2.89. The molecule has 0 saturated carbocycles. The van der Waals surface area contributed by atoms with Crippen LogP contribution in [-0.2, 0) is 11.0 Å². The van der Waals surface area contributed by atoms with Crippen molar-refractivity contribution in [3.05, 3.63) is 40.0 Å². The Morgan fingerprint density at radius 2 is 1.94 bits per heavy atom. The van der Waals surface area contributed by atoms with Gasteiger partial charge in [0, 0.05) is 45.5 Å². The highest BCUT2D eigenvalue weighted by Crippen LogP contribution is 2.37. The summed E-state index contributed by atoms with van der Waals surface area (Å²) in [4.78, 5) is 22.7. The van der Waals surface area contributed by atoms with Crippen molar-refractivity contribution in [1.29, 1.82) is 0 Å². The van der Waals surface area contributed by atoms with Gasteiger partial charge in [0.05, 0.1) is 10.0 Å². The number of amides is 1. The van der Waals surface area contributed by atoms with Crippen molar-refractivity contribution in [2.75, 3.05) is 36.9 Å². The number of aromatic nitrogens is 2. The lowest BCUT2D eigenvalue weighted by Gasteiger charge is -2.35. The molecule has 0 radical (unpaired) electrons. The van der Waals surface area contributed by atoms with Crippen molar-refractivity contribution in [2.45, 2.75) is 25.9 Å². The van der Waals surface area contributed by atoms with Crippen LogP contribution in [0.5, 0.6) is 0 Å². The maximum absolute atomic E-state index is 13.6. The molecule has 6 nitrogen and oxygen atoms in total. The van der Waals surface area contributed by atoms with E-state index in [2.05, 4.69) is 15.3 Å². The topological polar surface area (TPSA) is 61.4 Å². The summed E-state index contributed by atoms with van der Waals surface area (Å²) in [5.41, 5.74) is -0.377. The van der Waals surface area contributed by atoms with Gasteiger partial charge < -0.3 is 15.1 Å². The van der Waals surface area contributed by atoms with Crippen molar-refractivity contribution in [3.63, 3.8) is 0 Å². The minimum Gasteiger partial charge on any atom is -0.356 e. The van der Waals surface area contributed by atoms with Crippen molar-refractivity contribution in [2.24, 2.45) is 5.92 Å². The minimum absolute atomic E-state index is 0.0276. The predicted molar refractivity (Wildman–Crippen MR) is 115 cm³/mol. The van der Waals surface area contributed by atoms with Gasteiger partial charge in [0.2, 0.25) is 11.9 Å². The zero-order chi connectivity index (χ0) is 22.8. The second kappa shape index (κ2) is 9.48. The maximum atomic E-state index is 13.6. The molecule has 1 fully saturated rings. The third-order valence-corrected chi connectivity index (χ3v) is 5.97. The number of nitrogens with one attached hydrogen (secondary N) is 1. The van der Waals surface area contributed by atoms with E-state index in [0.717, 1.165) is 6.20 Å². The van der Waals surface area contributed by atoms with Crippen LogP contribution in [0.2, 0.25) is 10.0 Å². The van der Waals surface area contributed by atoms with Gasteiger partial charge in [-0.3, -0.25) is 4.79 Å². The number of nitrogens with zero attached hydrogens (tertiary/aromatic N) is 4. The first-order chi connectivity index (χ1) is 14.5. The number of carbonyl (C=O) groups is 1. The standard InChI is InChI=1S/C20H22Cl2F3N5O/c1-12(31)29(2)11-13-5-7-30(8-6-13)18-15(20(23,24)25)10-26-19(28-18)27-14-3-4-16(21)17(22)9-14/h3-4,9-10,13H,5-8,11H2,1-2H3,(H,26,27,28). The van der Waals surface area contributed by atoms with Crippen LogP contribution in [0.25, 0.3) is 0 Å². The summed E-state index contributed by atoms with van der Waals surface area (Å²) in [7, 11) is 1.72. The van der Waals surface area contributed by atoms with E-state index in [1.807, 2.05) is 0 Å². The zero-order valence-corrected chi connectivity index (χ0v) is 18.5. The fourth-order valence-corrected chi connectivity index (χ4v) is 3.72. The summed E-state index contributed by atoms with van der Waals surface area (Å²) in [6, 6.07) is 4.74. The normalized spacial score (nSPS) is 15.1. The molecule has 1 N–H and O–H groups in total. The Bertz CT molecular complexity index is 949. The Labute approximate surface area is 188 Å². The Balaban J connectivity index is 1.80. The van der Waals surface area contributed by atoms with Gasteiger partial charge in [-0.2, -0.15) is 18.2 Å². The van der Waals surface area contributed by atoms with Gasteiger partial charge in [-0.05, 0) is 37.0 Å². The van der Waals surface area contributed by atoms with Gasteiger partial charge in [0.1, 0.15) is 11.4 Å². The third-order valence-electron chi connectivity index (χ3n) is 5.23. The van der Waals surface area contributed by atoms with E-state index >= 15 is 0 Å². The highest BCUT2D eigenvalue weighted by Gasteiger charge is 2.37. The van der Waals surface area contributed by atoms with Gasteiger partial charge in [-0.15, -0.1) is 0 Å². The van der Waals surface area contributed by atoms with Gasteiger partial charge in [0.25, 0.3) is 0 Å². The molecule has 3 rings (SSSR count).